The van der Waals surface area contributed by atoms with Crippen LogP contribution in [0.3, 0.4) is 0 Å². The van der Waals surface area contributed by atoms with Crippen LogP contribution in [0.5, 0.6) is 0 Å². The van der Waals surface area contributed by atoms with E-state index >= 15 is 0 Å². The molecule has 0 fully saturated rings. The Labute approximate surface area is 325 Å². The molecule has 11 nitrogen and oxygen atoms in total. The molecule has 282 valence electrons. The Morgan fingerprint density at radius 2 is 1.59 bits per heavy atom. The normalized spacial score (nSPS) is 11.9. The van der Waals surface area contributed by atoms with E-state index in [9.17, 15) is 23.3 Å². The SMILES string of the molecule is CN(C)CC[C@H](CSc1ccccc1)Nc1ccc(S(=O)(=O)NC(=O)c2ccc(NCCNCc3ccccc3-c3ccc(Cl)cc3)cc2)cc1[N+](=O)[O-]. The van der Waals surface area contributed by atoms with E-state index < -0.39 is 31.4 Å². The molecule has 5 aromatic rings. The van der Waals surface area contributed by atoms with Gasteiger partial charge in [-0.3, -0.25) is 14.9 Å². The van der Waals surface area contributed by atoms with Crippen molar-refractivity contribution < 1.29 is 18.1 Å². The van der Waals surface area contributed by atoms with Gasteiger partial charge >= 0.3 is 0 Å². The van der Waals surface area contributed by atoms with Crippen molar-refractivity contribution >= 4 is 56.4 Å². The zero-order chi connectivity index (χ0) is 38.5. The second-order valence-electron chi connectivity index (χ2n) is 12.8. The van der Waals surface area contributed by atoms with Crippen molar-refractivity contribution in [2.75, 3.05) is 50.1 Å². The van der Waals surface area contributed by atoms with Crippen LogP contribution in [0.25, 0.3) is 11.1 Å². The van der Waals surface area contributed by atoms with E-state index in [1.807, 2.05) is 90.4 Å². The number of halogens is 1. The summed E-state index contributed by atoms with van der Waals surface area (Å²) in [5.41, 5.74) is 4.05. The fraction of sp³-hybridized carbons (Fsp3) is 0.225. The minimum absolute atomic E-state index is 0.119. The van der Waals surface area contributed by atoms with Gasteiger partial charge in [-0.05, 0) is 104 Å². The maximum absolute atomic E-state index is 13.2. The van der Waals surface area contributed by atoms with Crippen LogP contribution in [0, 0.1) is 10.1 Å². The third-order valence-corrected chi connectivity index (χ3v) is 11.2. The summed E-state index contributed by atoms with van der Waals surface area (Å²) in [5, 5.41) is 22.8. The van der Waals surface area contributed by atoms with Gasteiger partial charge in [-0.15, -0.1) is 11.8 Å². The third kappa shape index (κ3) is 11.8. The molecule has 5 rings (SSSR count). The van der Waals surface area contributed by atoms with E-state index in [2.05, 4.69) is 28.1 Å². The smallest absolute Gasteiger partial charge is 0.293 e. The Kier molecular flexibility index (Phi) is 14.5. The lowest BCUT2D eigenvalue weighted by Crippen LogP contribution is -2.31. The molecule has 0 saturated carbocycles. The first-order valence-electron chi connectivity index (χ1n) is 17.3. The Morgan fingerprint density at radius 3 is 2.30 bits per heavy atom. The molecule has 0 saturated heterocycles. The number of nitrogens with zero attached hydrogens (tertiary/aromatic N) is 2. The van der Waals surface area contributed by atoms with Gasteiger partial charge in [0.05, 0.1) is 9.82 Å². The average Bonchev–Trinajstić information content (AvgIpc) is 3.16. The minimum Gasteiger partial charge on any atom is -0.384 e. The van der Waals surface area contributed by atoms with Gasteiger partial charge in [-0.1, -0.05) is 66.2 Å². The number of hydrogen-bond donors (Lipinski definition) is 4. The van der Waals surface area contributed by atoms with Crippen LogP contribution in [0.15, 0.2) is 131 Å². The number of sulfonamides is 1. The Bertz CT molecular complexity index is 2120. The molecule has 0 radical (unpaired) electrons. The molecule has 0 unspecified atom stereocenters. The summed E-state index contributed by atoms with van der Waals surface area (Å²) in [7, 11) is -0.519. The van der Waals surface area contributed by atoms with Gasteiger partial charge in [0.2, 0.25) is 0 Å². The van der Waals surface area contributed by atoms with Crippen molar-refractivity contribution in [2.24, 2.45) is 0 Å². The highest BCUT2D eigenvalue weighted by molar-refractivity contribution is 7.99. The monoisotopic (exact) mass is 786 g/mol. The predicted molar refractivity (Wildman–Crippen MR) is 219 cm³/mol. The second-order valence-corrected chi connectivity index (χ2v) is 16.0. The van der Waals surface area contributed by atoms with Crippen LogP contribution in [-0.4, -0.2) is 69.7 Å². The maximum atomic E-state index is 13.2. The highest BCUT2D eigenvalue weighted by Crippen LogP contribution is 2.30. The Balaban J connectivity index is 1.15. The van der Waals surface area contributed by atoms with Gasteiger partial charge in [0.15, 0.2) is 0 Å². The molecule has 0 aliphatic rings. The lowest BCUT2D eigenvalue weighted by molar-refractivity contribution is -0.384. The molecular weight excluding hydrogens is 744 g/mol. The number of anilines is 2. The molecule has 14 heteroatoms. The van der Waals surface area contributed by atoms with Crippen LogP contribution in [0.1, 0.15) is 22.3 Å². The molecule has 1 atom stereocenters. The van der Waals surface area contributed by atoms with Crippen LogP contribution in [0.2, 0.25) is 5.02 Å². The van der Waals surface area contributed by atoms with E-state index in [0.717, 1.165) is 39.9 Å². The number of carbonyl (C=O) groups is 1. The predicted octanol–water partition coefficient (Wildman–Crippen LogP) is 7.76. The van der Waals surface area contributed by atoms with Crippen LogP contribution in [0.4, 0.5) is 17.1 Å². The summed E-state index contributed by atoms with van der Waals surface area (Å²) in [5.74, 6) is -0.217. The van der Waals surface area contributed by atoms with Gasteiger partial charge in [0.25, 0.3) is 21.6 Å². The maximum Gasteiger partial charge on any atom is 0.293 e. The van der Waals surface area contributed by atoms with Crippen molar-refractivity contribution in [1.29, 1.82) is 0 Å². The van der Waals surface area contributed by atoms with Crippen LogP contribution < -0.4 is 20.7 Å². The summed E-state index contributed by atoms with van der Waals surface area (Å²) in [6, 6.07) is 35.6. The first kappa shape index (κ1) is 40.3. The third-order valence-electron chi connectivity index (χ3n) is 8.45. The molecular formula is C40H43ClN6O5S2. The molecule has 0 heterocycles. The number of hydrogen-bond acceptors (Lipinski definition) is 10. The second kappa shape index (κ2) is 19.4. The summed E-state index contributed by atoms with van der Waals surface area (Å²) < 4.78 is 28.5. The van der Waals surface area contributed by atoms with Gasteiger partial charge in [0, 0.05) is 58.7 Å². The molecule has 0 aromatic heterocycles. The van der Waals surface area contributed by atoms with E-state index in [0.29, 0.717) is 36.8 Å². The zero-order valence-electron chi connectivity index (χ0n) is 30.0. The van der Waals surface area contributed by atoms with E-state index in [1.54, 1.807) is 23.9 Å². The number of carbonyl (C=O) groups excluding carboxylic acids is 1. The van der Waals surface area contributed by atoms with Gasteiger partial charge in [0.1, 0.15) is 5.69 Å². The molecule has 0 bridgehead atoms. The standard InChI is InChI=1S/C40H43ClN6O5S2/c1-46(2)25-22-34(28-53-35-9-4-3-5-10-35)44-38-21-20-36(26-39(38)47(49)50)54(51,52)45-40(48)30-14-18-33(19-15-30)43-24-23-42-27-31-8-6-7-11-37(31)29-12-16-32(41)17-13-29/h3-21,26,34,42-44H,22-25,27-28H2,1-2H3,(H,45,48)/t34-/m1/s1. The lowest BCUT2D eigenvalue weighted by atomic mass is 10.00. The highest BCUT2D eigenvalue weighted by atomic mass is 35.5. The topological polar surface area (TPSA) is 146 Å². The number of rotatable bonds is 19. The molecule has 0 aliphatic heterocycles. The van der Waals surface area contributed by atoms with Crippen LogP contribution >= 0.6 is 23.4 Å². The first-order valence-corrected chi connectivity index (χ1v) is 20.2. The van der Waals surface area contributed by atoms with E-state index in [-0.39, 0.29) is 17.3 Å². The highest BCUT2D eigenvalue weighted by Gasteiger charge is 2.25. The summed E-state index contributed by atoms with van der Waals surface area (Å²) in [6.07, 6.45) is 0.701. The van der Waals surface area contributed by atoms with Crippen molar-refractivity contribution in [3.8, 4) is 11.1 Å². The Hall–Kier alpha value is -4.92. The minimum atomic E-state index is -4.43. The quantitative estimate of drug-likeness (QED) is 0.0284. The number of nitrogens with one attached hydrogen (secondary N) is 4. The number of nitro benzene ring substituents is 1. The number of thioether (sulfide) groups is 1. The van der Waals surface area contributed by atoms with Gasteiger partial charge < -0.3 is 20.9 Å². The van der Waals surface area contributed by atoms with E-state index in [1.165, 1.54) is 24.3 Å². The summed E-state index contributed by atoms with van der Waals surface area (Å²) in [6.45, 7) is 2.69. The van der Waals surface area contributed by atoms with Crippen LogP contribution in [-0.2, 0) is 16.6 Å². The number of amides is 1. The average molecular weight is 787 g/mol. The molecule has 0 spiro atoms. The molecule has 0 aliphatic carbocycles. The first-order chi connectivity index (χ1) is 26.0. The molecule has 4 N–H and O–H groups in total. The fourth-order valence-corrected chi connectivity index (χ4v) is 7.69. The van der Waals surface area contributed by atoms with Gasteiger partial charge in [-0.2, -0.15) is 0 Å². The Morgan fingerprint density at radius 1 is 0.889 bits per heavy atom. The molecule has 54 heavy (non-hydrogen) atoms. The number of nitro groups is 1. The van der Waals surface area contributed by atoms with Crippen molar-refractivity contribution in [1.82, 2.24) is 14.9 Å². The van der Waals surface area contributed by atoms with E-state index in [4.69, 9.17) is 11.6 Å². The summed E-state index contributed by atoms with van der Waals surface area (Å²) in [4.78, 5) is 27.2. The fourth-order valence-electron chi connectivity index (χ4n) is 5.58. The van der Waals surface area contributed by atoms with Crippen molar-refractivity contribution in [3.63, 3.8) is 0 Å². The molecule has 1 amide bonds. The zero-order valence-corrected chi connectivity index (χ0v) is 32.4. The van der Waals surface area contributed by atoms with Gasteiger partial charge in [-0.25, -0.2) is 13.1 Å². The largest absolute Gasteiger partial charge is 0.384 e. The lowest BCUT2D eigenvalue weighted by Gasteiger charge is -2.22. The molecule has 5 aromatic carbocycles. The van der Waals surface area contributed by atoms with Crippen molar-refractivity contribution in [2.45, 2.75) is 28.8 Å². The summed E-state index contributed by atoms with van der Waals surface area (Å²) >= 11 is 7.68. The van der Waals surface area contributed by atoms with Crippen molar-refractivity contribution in [3.05, 3.63) is 148 Å². The number of benzene rings is 5.